The van der Waals surface area contributed by atoms with Crippen molar-refractivity contribution in [1.82, 2.24) is 5.32 Å². The predicted molar refractivity (Wildman–Crippen MR) is 89.9 cm³/mol. The van der Waals surface area contributed by atoms with Crippen molar-refractivity contribution >= 4 is 21.8 Å². The predicted octanol–water partition coefficient (Wildman–Crippen LogP) is 4.02. The first kappa shape index (κ1) is 15.1. The normalized spacial score (nSPS) is 16.7. The third-order valence-corrected chi connectivity index (χ3v) is 4.56. The van der Waals surface area contributed by atoms with E-state index in [1.54, 1.807) is 0 Å². The van der Waals surface area contributed by atoms with Crippen LogP contribution >= 0.6 is 15.9 Å². The molecule has 0 spiro atoms. The number of hydrogen-bond acceptors (Lipinski definition) is 2. The van der Waals surface area contributed by atoms with E-state index >= 15 is 0 Å². The molecule has 0 radical (unpaired) electrons. The van der Waals surface area contributed by atoms with Crippen molar-refractivity contribution in [1.29, 1.82) is 0 Å². The van der Waals surface area contributed by atoms with Gasteiger partial charge >= 0.3 is 0 Å². The molecule has 0 unspecified atom stereocenters. The summed E-state index contributed by atoms with van der Waals surface area (Å²) in [5, 5.41) is 3.09. The van der Waals surface area contributed by atoms with Crippen molar-refractivity contribution in [3.63, 3.8) is 0 Å². The Labute approximate surface area is 138 Å². The van der Waals surface area contributed by atoms with Crippen molar-refractivity contribution in [3.8, 4) is 5.75 Å². The Balaban J connectivity index is 1.60. The van der Waals surface area contributed by atoms with Crippen LogP contribution in [-0.2, 0) is 11.2 Å². The molecule has 0 heterocycles. The van der Waals surface area contributed by atoms with Crippen LogP contribution in [0, 0.1) is 0 Å². The van der Waals surface area contributed by atoms with E-state index in [0.717, 1.165) is 23.7 Å². The summed E-state index contributed by atoms with van der Waals surface area (Å²) in [6, 6.07) is 16.0. The van der Waals surface area contributed by atoms with Gasteiger partial charge in [-0.05, 0) is 58.5 Å². The van der Waals surface area contributed by atoms with Gasteiger partial charge in [-0.3, -0.25) is 4.79 Å². The maximum atomic E-state index is 12.2. The van der Waals surface area contributed by atoms with Gasteiger partial charge < -0.3 is 10.1 Å². The number of amides is 1. The van der Waals surface area contributed by atoms with E-state index in [1.807, 2.05) is 30.3 Å². The SMILES string of the molecule is O=C(COc1ccccc1Br)N[C@@H]1CCCc2ccccc21. The van der Waals surface area contributed by atoms with Gasteiger partial charge in [0.1, 0.15) is 5.75 Å². The minimum absolute atomic E-state index is 0.0290. The monoisotopic (exact) mass is 359 g/mol. The highest BCUT2D eigenvalue weighted by molar-refractivity contribution is 9.10. The van der Waals surface area contributed by atoms with Gasteiger partial charge in [0.05, 0.1) is 10.5 Å². The smallest absolute Gasteiger partial charge is 0.258 e. The van der Waals surface area contributed by atoms with Gasteiger partial charge in [-0.2, -0.15) is 0 Å². The minimum atomic E-state index is -0.0857. The maximum absolute atomic E-state index is 12.2. The van der Waals surface area contributed by atoms with Crippen LogP contribution in [0.25, 0.3) is 0 Å². The van der Waals surface area contributed by atoms with E-state index in [4.69, 9.17) is 4.74 Å². The average Bonchev–Trinajstić information content (AvgIpc) is 2.54. The largest absolute Gasteiger partial charge is 0.483 e. The Morgan fingerprint density at radius 1 is 1.18 bits per heavy atom. The summed E-state index contributed by atoms with van der Waals surface area (Å²) < 4.78 is 6.42. The van der Waals surface area contributed by atoms with Crippen molar-refractivity contribution in [2.75, 3.05) is 6.61 Å². The fraction of sp³-hybridized carbons (Fsp3) is 0.278. The Morgan fingerprint density at radius 2 is 1.95 bits per heavy atom. The molecule has 0 saturated carbocycles. The molecule has 0 bridgehead atoms. The Bertz CT molecular complexity index is 672. The summed E-state index contributed by atoms with van der Waals surface area (Å²) >= 11 is 3.41. The third-order valence-electron chi connectivity index (χ3n) is 3.90. The zero-order valence-corrected chi connectivity index (χ0v) is 13.8. The summed E-state index contributed by atoms with van der Waals surface area (Å²) in [6.45, 7) is 0.0290. The molecule has 1 aliphatic rings. The number of rotatable bonds is 4. The number of carbonyl (C=O) groups excluding carboxylic acids is 1. The molecular formula is C18H18BrNO2. The van der Waals surface area contributed by atoms with Gasteiger partial charge in [0.2, 0.25) is 0 Å². The highest BCUT2D eigenvalue weighted by Gasteiger charge is 2.21. The lowest BCUT2D eigenvalue weighted by Gasteiger charge is -2.26. The molecule has 3 nitrogen and oxygen atoms in total. The standard InChI is InChI=1S/C18H18BrNO2/c19-15-9-3-4-11-17(15)22-12-18(21)20-16-10-5-7-13-6-1-2-8-14(13)16/h1-4,6,8-9,11,16H,5,7,10,12H2,(H,20,21)/t16-/m1/s1. The molecule has 0 aromatic heterocycles. The molecule has 1 N–H and O–H groups in total. The molecule has 2 aromatic carbocycles. The lowest BCUT2D eigenvalue weighted by molar-refractivity contribution is -0.124. The van der Waals surface area contributed by atoms with Gasteiger partial charge in [0.25, 0.3) is 5.91 Å². The van der Waals surface area contributed by atoms with Gasteiger partial charge in [-0.25, -0.2) is 0 Å². The van der Waals surface area contributed by atoms with E-state index in [1.165, 1.54) is 11.1 Å². The molecule has 0 aliphatic heterocycles. The van der Waals surface area contributed by atoms with Crippen LogP contribution < -0.4 is 10.1 Å². The second-order valence-corrected chi connectivity index (χ2v) is 6.28. The first-order chi connectivity index (χ1) is 10.7. The molecule has 4 heteroatoms. The lowest BCUT2D eigenvalue weighted by atomic mass is 9.88. The highest BCUT2D eigenvalue weighted by atomic mass is 79.9. The topological polar surface area (TPSA) is 38.3 Å². The van der Waals surface area contributed by atoms with Crippen LogP contribution in [0.5, 0.6) is 5.75 Å². The van der Waals surface area contributed by atoms with E-state index in [0.29, 0.717) is 5.75 Å². The highest BCUT2D eigenvalue weighted by Crippen LogP contribution is 2.29. The van der Waals surface area contributed by atoms with Crippen molar-refractivity contribution < 1.29 is 9.53 Å². The number of aryl methyl sites for hydroxylation is 1. The van der Waals surface area contributed by atoms with Crippen LogP contribution in [0.2, 0.25) is 0 Å². The van der Waals surface area contributed by atoms with Crippen LogP contribution in [0.4, 0.5) is 0 Å². The first-order valence-electron chi connectivity index (χ1n) is 7.48. The van der Waals surface area contributed by atoms with Gasteiger partial charge in [0.15, 0.2) is 6.61 Å². The summed E-state index contributed by atoms with van der Waals surface area (Å²) in [4.78, 5) is 12.2. The number of benzene rings is 2. The summed E-state index contributed by atoms with van der Waals surface area (Å²) in [5.74, 6) is 0.596. The number of nitrogens with one attached hydrogen (secondary N) is 1. The Hall–Kier alpha value is -1.81. The van der Waals surface area contributed by atoms with Gasteiger partial charge in [-0.1, -0.05) is 36.4 Å². The summed E-state index contributed by atoms with van der Waals surface area (Å²) in [6.07, 6.45) is 3.18. The Morgan fingerprint density at radius 3 is 2.82 bits per heavy atom. The number of para-hydroxylation sites is 1. The zero-order chi connectivity index (χ0) is 15.4. The summed E-state index contributed by atoms with van der Waals surface area (Å²) in [5.41, 5.74) is 2.58. The molecule has 0 fully saturated rings. The second kappa shape index (κ2) is 6.97. The molecule has 3 rings (SSSR count). The van der Waals surface area contributed by atoms with Crippen LogP contribution in [0.1, 0.15) is 30.0 Å². The van der Waals surface area contributed by atoms with Crippen molar-refractivity contribution in [2.24, 2.45) is 0 Å². The molecule has 2 aromatic rings. The molecule has 1 atom stereocenters. The molecule has 0 saturated heterocycles. The lowest BCUT2D eigenvalue weighted by Crippen LogP contribution is -2.34. The van der Waals surface area contributed by atoms with Crippen molar-refractivity contribution in [2.45, 2.75) is 25.3 Å². The van der Waals surface area contributed by atoms with Gasteiger partial charge in [-0.15, -0.1) is 0 Å². The number of hydrogen-bond donors (Lipinski definition) is 1. The second-order valence-electron chi connectivity index (χ2n) is 5.43. The van der Waals surface area contributed by atoms with E-state index < -0.39 is 0 Å². The third kappa shape index (κ3) is 3.50. The first-order valence-corrected chi connectivity index (χ1v) is 8.28. The number of ether oxygens (including phenoxy) is 1. The maximum Gasteiger partial charge on any atom is 0.258 e. The van der Waals surface area contributed by atoms with Crippen molar-refractivity contribution in [3.05, 3.63) is 64.1 Å². The number of fused-ring (bicyclic) bond motifs is 1. The van der Waals surface area contributed by atoms with E-state index in [9.17, 15) is 4.79 Å². The Kier molecular flexibility index (Phi) is 4.78. The van der Waals surface area contributed by atoms with E-state index in [2.05, 4.69) is 39.4 Å². The van der Waals surface area contributed by atoms with Crippen LogP contribution in [-0.4, -0.2) is 12.5 Å². The summed E-state index contributed by atoms with van der Waals surface area (Å²) in [7, 11) is 0. The fourth-order valence-corrected chi connectivity index (χ4v) is 3.24. The number of carbonyl (C=O) groups is 1. The zero-order valence-electron chi connectivity index (χ0n) is 12.2. The molecule has 114 valence electrons. The van der Waals surface area contributed by atoms with E-state index in [-0.39, 0.29) is 18.6 Å². The van der Waals surface area contributed by atoms with Gasteiger partial charge in [0, 0.05) is 0 Å². The quantitative estimate of drug-likeness (QED) is 0.894. The van der Waals surface area contributed by atoms with Crippen LogP contribution in [0.15, 0.2) is 53.0 Å². The van der Waals surface area contributed by atoms with Crippen LogP contribution in [0.3, 0.4) is 0 Å². The molecule has 1 aliphatic carbocycles. The molecule has 22 heavy (non-hydrogen) atoms. The fourth-order valence-electron chi connectivity index (χ4n) is 2.84. The minimum Gasteiger partial charge on any atom is -0.483 e. The molecular weight excluding hydrogens is 342 g/mol. The average molecular weight is 360 g/mol. The molecule has 1 amide bonds. The number of halogens is 1.